The van der Waals surface area contributed by atoms with E-state index in [4.69, 9.17) is 0 Å². The predicted octanol–water partition coefficient (Wildman–Crippen LogP) is 3.99. The van der Waals surface area contributed by atoms with E-state index in [1.807, 2.05) is 12.3 Å². The number of hydrogen-bond donors (Lipinski definition) is 0. The van der Waals surface area contributed by atoms with Crippen molar-refractivity contribution >= 4 is 21.7 Å². The van der Waals surface area contributed by atoms with Gasteiger partial charge in [-0.15, -0.1) is 0 Å². The molecule has 0 bridgehead atoms. The van der Waals surface area contributed by atoms with Gasteiger partial charge in [0.2, 0.25) is 0 Å². The lowest BCUT2D eigenvalue weighted by atomic mass is 9.92. The highest BCUT2D eigenvalue weighted by atomic mass is 79.9. The fourth-order valence-corrected chi connectivity index (χ4v) is 3.10. The average molecular weight is 297 g/mol. The Hall–Kier alpha value is -0.570. The van der Waals surface area contributed by atoms with Gasteiger partial charge in [-0.2, -0.15) is 0 Å². The smallest absolute Gasteiger partial charge is 0.132 e. The SMILES string of the molecule is CCCC1CCN(c2ncccc2CBr)CC1. The molecular formula is C14H21BrN2. The molecular weight excluding hydrogens is 276 g/mol. The minimum atomic E-state index is 0.894. The average Bonchev–Trinajstić information content (AvgIpc) is 2.40. The zero-order valence-electron chi connectivity index (χ0n) is 10.5. The summed E-state index contributed by atoms with van der Waals surface area (Å²) in [5.74, 6) is 2.12. The lowest BCUT2D eigenvalue weighted by Crippen LogP contribution is -2.34. The van der Waals surface area contributed by atoms with Gasteiger partial charge in [-0.05, 0) is 24.8 Å². The number of hydrogen-bond acceptors (Lipinski definition) is 2. The second kappa shape index (κ2) is 6.39. The van der Waals surface area contributed by atoms with E-state index in [-0.39, 0.29) is 0 Å². The molecule has 3 heteroatoms. The summed E-state index contributed by atoms with van der Waals surface area (Å²) in [6, 6.07) is 4.18. The molecule has 1 aromatic rings. The van der Waals surface area contributed by atoms with E-state index in [1.54, 1.807) is 0 Å². The first-order chi connectivity index (χ1) is 8.35. The van der Waals surface area contributed by atoms with Gasteiger partial charge in [0.25, 0.3) is 0 Å². The third-order valence-corrected chi connectivity index (χ3v) is 4.23. The van der Waals surface area contributed by atoms with Gasteiger partial charge in [-0.25, -0.2) is 4.98 Å². The van der Waals surface area contributed by atoms with Crippen molar-refractivity contribution in [2.24, 2.45) is 5.92 Å². The van der Waals surface area contributed by atoms with Crippen molar-refractivity contribution in [1.82, 2.24) is 4.98 Å². The highest BCUT2D eigenvalue weighted by Crippen LogP contribution is 2.27. The molecule has 94 valence electrons. The normalized spacial score (nSPS) is 17.4. The third kappa shape index (κ3) is 3.21. The van der Waals surface area contributed by atoms with Gasteiger partial charge in [0.15, 0.2) is 0 Å². The lowest BCUT2D eigenvalue weighted by Gasteiger charge is -2.33. The first kappa shape index (κ1) is 12.9. The maximum absolute atomic E-state index is 4.54. The summed E-state index contributed by atoms with van der Waals surface area (Å²) in [4.78, 5) is 6.99. The van der Waals surface area contributed by atoms with Crippen LogP contribution in [0, 0.1) is 5.92 Å². The predicted molar refractivity (Wildman–Crippen MR) is 76.7 cm³/mol. The molecule has 17 heavy (non-hydrogen) atoms. The van der Waals surface area contributed by atoms with Crippen molar-refractivity contribution in [2.45, 2.75) is 37.9 Å². The van der Waals surface area contributed by atoms with Crippen LogP contribution in [0.5, 0.6) is 0 Å². The molecule has 2 nitrogen and oxygen atoms in total. The van der Waals surface area contributed by atoms with Crippen LogP contribution in [0.4, 0.5) is 5.82 Å². The Morgan fingerprint density at radius 2 is 2.18 bits per heavy atom. The summed E-state index contributed by atoms with van der Waals surface area (Å²) in [6.45, 7) is 4.62. The number of halogens is 1. The van der Waals surface area contributed by atoms with Crippen molar-refractivity contribution in [3.8, 4) is 0 Å². The fourth-order valence-electron chi connectivity index (χ4n) is 2.66. The van der Waals surface area contributed by atoms with E-state index in [2.05, 4.69) is 38.8 Å². The zero-order valence-corrected chi connectivity index (χ0v) is 12.1. The van der Waals surface area contributed by atoms with Crippen molar-refractivity contribution in [3.63, 3.8) is 0 Å². The topological polar surface area (TPSA) is 16.1 Å². The number of rotatable bonds is 4. The van der Waals surface area contributed by atoms with Crippen LogP contribution in [0.1, 0.15) is 38.2 Å². The minimum Gasteiger partial charge on any atom is -0.356 e. The molecule has 0 atom stereocenters. The first-order valence-corrected chi connectivity index (χ1v) is 7.72. The van der Waals surface area contributed by atoms with E-state index in [0.717, 1.165) is 11.2 Å². The molecule has 0 unspecified atom stereocenters. The van der Waals surface area contributed by atoms with Crippen LogP contribution >= 0.6 is 15.9 Å². The molecule has 1 aliphatic rings. The number of nitrogens with zero attached hydrogens (tertiary/aromatic N) is 2. The minimum absolute atomic E-state index is 0.894. The van der Waals surface area contributed by atoms with E-state index in [9.17, 15) is 0 Å². The van der Waals surface area contributed by atoms with Crippen LogP contribution in [-0.2, 0) is 5.33 Å². The van der Waals surface area contributed by atoms with E-state index < -0.39 is 0 Å². The van der Waals surface area contributed by atoms with Gasteiger partial charge < -0.3 is 4.90 Å². The maximum Gasteiger partial charge on any atom is 0.132 e. The summed E-state index contributed by atoms with van der Waals surface area (Å²) < 4.78 is 0. The van der Waals surface area contributed by atoms with Crippen LogP contribution < -0.4 is 4.90 Å². The second-order valence-corrected chi connectivity index (χ2v) is 5.40. The van der Waals surface area contributed by atoms with Crippen LogP contribution in [0.3, 0.4) is 0 Å². The molecule has 1 fully saturated rings. The van der Waals surface area contributed by atoms with Crippen LogP contribution in [0.25, 0.3) is 0 Å². The molecule has 0 radical (unpaired) electrons. The summed E-state index contributed by atoms with van der Waals surface area (Å²) >= 11 is 3.55. The number of aromatic nitrogens is 1. The molecule has 2 rings (SSSR count). The molecule has 0 aromatic carbocycles. The monoisotopic (exact) mass is 296 g/mol. The van der Waals surface area contributed by atoms with Gasteiger partial charge in [-0.1, -0.05) is 41.8 Å². The highest BCUT2D eigenvalue weighted by molar-refractivity contribution is 9.08. The van der Waals surface area contributed by atoms with E-state index in [1.165, 1.54) is 50.2 Å². The Labute approximate surface area is 113 Å². The number of anilines is 1. The molecule has 1 saturated heterocycles. The van der Waals surface area contributed by atoms with Crippen LogP contribution in [0.15, 0.2) is 18.3 Å². The molecule has 0 spiro atoms. The molecule has 1 aliphatic heterocycles. The second-order valence-electron chi connectivity index (χ2n) is 4.84. The molecule has 0 aliphatic carbocycles. The lowest BCUT2D eigenvalue weighted by molar-refractivity contribution is 0.377. The molecule has 0 saturated carbocycles. The molecule has 1 aromatic heterocycles. The Bertz CT molecular complexity index is 346. The quantitative estimate of drug-likeness (QED) is 0.781. The Morgan fingerprint density at radius 1 is 1.41 bits per heavy atom. The zero-order chi connectivity index (χ0) is 12.1. The Kier molecular flexibility index (Phi) is 4.84. The van der Waals surface area contributed by atoms with Crippen molar-refractivity contribution < 1.29 is 0 Å². The molecule has 0 amide bonds. The summed E-state index contributed by atoms with van der Waals surface area (Å²) in [6.07, 6.45) is 7.26. The van der Waals surface area contributed by atoms with E-state index in [0.29, 0.717) is 0 Å². The van der Waals surface area contributed by atoms with Crippen molar-refractivity contribution in [2.75, 3.05) is 18.0 Å². The summed E-state index contributed by atoms with van der Waals surface area (Å²) in [5, 5.41) is 0.894. The Balaban J connectivity index is 2.00. The van der Waals surface area contributed by atoms with E-state index >= 15 is 0 Å². The Morgan fingerprint density at radius 3 is 2.82 bits per heavy atom. The van der Waals surface area contributed by atoms with Crippen LogP contribution in [0.2, 0.25) is 0 Å². The summed E-state index contributed by atoms with van der Waals surface area (Å²) in [5.41, 5.74) is 1.31. The number of piperidine rings is 1. The number of pyridine rings is 1. The third-order valence-electron chi connectivity index (χ3n) is 3.62. The summed E-state index contributed by atoms with van der Waals surface area (Å²) in [7, 11) is 0. The first-order valence-electron chi connectivity index (χ1n) is 6.60. The van der Waals surface area contributed by atoms with Crippen LogP contribution in [-0.4, -0.2) is 18.1 Å². The highest BCUT2D eigenvalue weighted by Gasteiger charge is 2.20. The van der Waals surface area contributed by atoms with Gasteiger partial charge in [0.05, 0.1) is 0 Å². The standard InChI is InChI=1S/C14H21BrN2/c1-2-4-12-6-9-17(10-7-12)14-13(11-15)5-3-8-16-14/h3,5,8,12H,2,4,6-7,9-11H2,1H3. The van der Waals surface area contributed by atoms with Gasteiger partial charge in [0.1, 0.15) is 5.82 Å². The van der Waals surface area contributed by atoms with Gasteiger partial charge in [-0.3, -0.25) is 0 Å². The largest absolute Gasteiger partial charge is 0.356 e. The van der Waals surface area contributed by atoms with Gasteiger partial charge >= 0.3 is 0 Å². The fraction of sp³-hybridized carbons (Fsp3) is 0.643. The maximum atomic E-state index is 4.54. The van der Waals surface area contributed by atoms with Crippen molar-refractivity contribution in [3.05, 3.63) is 23.9 Å². The number of alkyl halides is 1. The molecule has 2 heterocycles. The van der Waals surface area contributed by atoms with Gasteiger partial charge in [0, 0.05) is 30.2 Å². The molecule has 0 N–H and O–H groups in total. The van der Waals surface area contributed by atoms with Crippen molar-refractivity contribution in [1.29, 1.82) is 0 Å².